The zero-order valence-corrected chi connectivity index (χ0v) is 40.2. The van der Waals surface area contributed by atoms with Crippen molar-refractivity contribution in [3.8, 4) is 0 Å². The van der Waals surface area contributed by atoms with Gasteiger partial charge in [0.25, 0.3) is 0 Å². The summed E-state index contributed by atoms with van der Waals surface area (Å²) in [5.74, 6) is 2.26. The lowest BCUT2D eigenvalue weighted by Crippen LogP contribution is -2.65. The molecule has 0 bridgehead atoms. The fourth-order valence-corrected chi connectivity index (χ4v) is 11.1. The van der Waals surface area contributed by atoms with Crippen LogP contribution in [0.15, 0.2) is 0 Å². The van der Waals surface area contributed by atoms with Gasteiger partial charge < -0.3 is 31.5 Å². The molecule has 0 amide bonds. The SMILES string of the molecule is CCCCN(c1nc(NCCNCCNCCN)nc(N(CCCC)C2CC(C)(C)N(OC3CCCCC3)C(C)(C)C2)n1)C1CC(C)(C)N(OC2CCCCC2)C(C)(C)C1. The molecule has 4 aliphatic rings. The minimum absolute atomic E-state index is 0.159. The van der Waals surface area contributed by atoms with Crippen molar-refractivity contribution < 1.29 is 9.68 Å². The Balaban J connectivity index is 1.47. The Bertz CT molecular complexity index is 1270. The molecule has 2 aliphatic heterocycles. The highest BCUT2D eigenvalue weighted by atomic mass is 16.7. The number of unbranched alkanes of at least 4 members (excludes halogenated alkanes) is 2. The van der Waals surface area contributed by atoms with Gasteiger partial charge in [0, 0.05) is 86.6 Å². The maximum atomic E-state index is 6.96. The van der Waals surface area contributed by atoms with E-state index in [2.05, 4.69) is 105 Å². The highest BCUT2D eigenvalue weighted by Crippen LogP contribution is 2.45. The third-order valence-electron chi connectivity index (χ3n) is 13.6. The second kappa shape index (κ2) is 22.7. The van der Waals surface area contributed by atoms with Gasteiger partial charge in [0.1, 0.15) is 0 Å². The molecule has 4 fully saturated rings. The molecule has 3 heterocycles. The van der Waals surface area contributed by atoms with Gasteiger partial charge in [-0.2, -0.15) is 25.1 Å². The fraction of sp³-hybridized carbons (Fsp3) is 0.936. The molecule has 2 saturated carbocycles. The molecule has 1 aromatic rings. The summed E-state index contributed by atoms with van der Waals surface area (Å²) in [5.41, 5.74) is 5.04. The van der Waals surface area contributed by atoms with Crippen molar-refractivity contribution in [1.29, 1.82) is 0 Å². The minimum atomic E-state index is -0.159. The maximum Gasteiger partial charge on any atom is 0.232 e. The first-order chi connectivity index (χ1) is 28.6. The van der Waals surface area contributed by atoms with Crippen LogP contribution < -0.4 is 31.5 Å². The zero-order chi connectivity index (χ0) is 43.4. The van der Waals surface area contributed by atoms with Gasteiger partial charge in [0.05, 0.1) is 12.2 Å². The molecule has 1 aromatic heterocycles. The Kier molecular flexibility index (Phi) is 18.6. The smallest absolute Gasteiger partial charge is 0.232 e. The Morgan fingerprint density at radius 1 is 0.567 bits per heavy atom. The van der Waals surface area contributed by atoms with E-state index in [4.69, 9.17) is 30.4 Å². The molecule has 60 heavy (non-hydrogen) atoms. The van der Waals surface area contributed by atoms with Gasteiger partial charge in [-0.1, -0.05) is 65.2 Å². The highest BCUT2D eigenvalue weighted by Gasteiger charge is 2.51. The molecular formula is C47H91N11O2. The Hall–Kier alpha value is -1.87. The van der Waals surface area contributed by atoms with Gasteiger partial charge in [0.2, 0.25) is 17.8 Å². The van der Waals surface area contributed by atoms with Crippen LogP contribution in [-0.4, -0.2) is 124 Å². The van der Waals surface area contributed by atoms with Crippen LogP contribution in [0.3, 0.4) is 0 Å². The van der Waals surface area contributed by atoms with Crippen LogP contribution in [0.4, 0.5) is 17.8 Å². The number of nitrogens with two attached hydrogens (primary N) is 1. The monoisotopic (exact) mass is 842 g/mol. The number of rotatable bonds is 23. The predicted octanol–water partition coefficient (Wildman–Crippen LogP) is 8.21. The first-order valence-electron chi connectivity index (χ1n) is 24.7. The van der Waals surface area contributed by atoms with E-state index >= 15 is 0 Å². The zero-order valence-electron chi connectivity index (χ0n) is 40.2. The van der Waals surface area contributed by atoms with Gasteiger partial charge >= 0.3 is 0 Å². The standard InChI is InChI=1S/C47H91N11O2/c1-11-13-31-55(37-33-44(3,4)57(45(5,6)34-37)59-39-21-17-15-18-22-39)42-52-41(51-30-29-50-28-27-49-26-25-48)53-43(54-42)56(32-14-12-2)38-35-46(7,8)58(47(9,10)36-38)60-40-23-19-16-20-24-40/h37-40,49-50H,11-36,48H2,1-10H3,(H,51,52,53,54). The molecular weight excluding hydrogens is 751 g/mol. The first kappa shape index (κ1) is 49.2. The molecule has 5 rings (SSSR count). The molecule has 13 nitrogen and oxygen atoms in total. The lowest BCUT2D eigenvalue weighted by molar-refractivity contribution is -0.310. The first-order valence-corrected chi connectivity index (χ1v) is 24.7. The van der Waals surface area contributed by atoms with Crippen molar-refractivity contribution in [2.75, 3.05) is 67.5 Å². The summed E-state index contributed by atoms with van der Waals surface area (Å²) >= 11 is 0. The summed E-state index contributed by atoms with van der Waals surface area (Å²) in [6.45, 7) is 30.2. The van der Waals surface area contributed by atoms with Crippen molar-refractivity contribution >= 4 is 17.8 Å². The van der Waals surface area contributed by atoms with Crippen molar-refractivity contribution in [2.45, 2.75) is 231 Å². The predicted molar refractivity (Wildman–Crippen MR) is 250 cm³/mol. The number of aromatic nitrogens is 3. The van der Waals surface area contributed by atoms with Crippen LogP contribution in [0.5, 0.6) is 0 Å². The van der Waals surface area contributed by atoms with E-state index in [9.17, 15) is 0 Å². The Labute approximate surface area is 366 Å². The second-order valence-electron chi connectivity index (χ2n) is 21.3. The lowest BCUT2D eigenvalue weighted by atomic mass is 9.78. The number of nitrogens with one attached hydrogen (secondary N) is 3. The van der Waals surface area contributed by atoms with E-state index in [0.717, 1.165) is 135 Å². The number of piperidine rings is 2. The highest BCUT2D eigenvalue weighted by molar-refractivity contribution is 5.47. The topological polar surface area (TPSA) is 132 Å². The largest absolute Gasteiger partial charge is 0.353 e. The third-order valence-corrected chi connectivity index (χ3v) is 13.6. The van der Waals surface area contributed by atoms with Crippen LogP contribution >= 0.6 is 0 Å². The number of hydroxylamine groups is 4. The molecule has 0 spiro atoms. The van der Waals surface area contributed by atoms with E-state index in [-0.39, 0.29) is 34.2 Å². The lowest BCUT2D eigenvalue weighted by Gasteiger charge is -2.57. The summed E-state index contributed by atoms with van der Waals surface area (Å²) in [6, 6.07) is 0.501. The second-order valence-corrected chi connectivity index (χ2v) is 21.3. The number of hydrogen-bond donors (Lipinski definition) is 4. The van der Waals surface area contributed by atoms with Gasteiger partial charge in [-0.25, -0.2) is 0 Å². The average Bonchev–Trinajstić information content (AvgIpc) is 3.19. The normalized spacial score (nSPS) is 23.2. The molecule has 5 N–H and O–H groups in total. The van der Waals surface area contributed by atoms with Crippen molar-refractivity contribution in [1.82, 2.24) is 35.7 Å². The van der Waals surface area contributed by atoms with Gasteiger partial charge in [-0.05, 0) is 120 Å². The Morgan fingerprint density at radius 3 is 1.33 bits per heavy atom. The summed E-state index contributed by atoms with van der Waals surface area (Å²) in [7, 11) is 0. The molecule has 2 saturated heterocycles. The van der Waals surface area contributed by atoms with E-state index in [1.54, 1.807) is 0 Å². The molecule has 0 unspecified atom stereocenters. The van der Waals surface area contributed by atoms with Crippen LogP contribution in [0, 0.1) is 0 Å². The molecule has 346 valence electrons. The van der Waals surface area contributed by atoms with Gasteiger partial charge in [-0.15, -0.1) is 0 Å². The van der Waals surface area contributed by atoms with E-state index < -0.39 is 0 Å². The summed E-state index contributed by atoms with van der Waals surface area (Å²) in [4.78, 5) is 35.2. The number of hydrogen-bond acceptors (Lipinski definition) is 13. The van der Waals surface area contributed by atoms with Gasteiger partial charge in [0.15, 0.2) is 0 Å². The summed E-state index contributed by atoms with van der Waals surface area (Å²) < 4.78 is 0. The van der Waals surface area contributed by atoms with Crippen LogP contribution in [0.25, 0.3) is 0 Å². The molecule has 13 heteroatoms. The van der Waals surface area contributed by atoms with E-state index in [1.165, 1.54) is 38.5 Å². The van der Waals surface area contributed by atoms with E-state index in [0.29, 0.717) is 24.7 Å². The van der Waals surface area contributed by atoms with Crippen LogP contribution in [-0.2, 0) is 9.68 Å². The minimum Gasteiger partial charge on any atom is -0.353 e. The van der Waals surface area contributed by atoms with Crippen LogP contribution in [0.2, 0.25) is 0 Å². The molecule has 0 atom stereocenters. The molecule has 0 radical (unpaired) electrons. The fourth-order valence-electron chi connectivity index (χ4n) is 11.1. The Morgan fingerprint density at radius 2 is 0.950 bits per heavy atom. The van der Waals surface area contributed by atoms with Crippen molar-refractivity contribution in [3.63, 3.8) is 0 Å². The molecule has 2 aliphatic carbocycles. The number of nitrogens with zero attached hydrogens (tertiary/aromatic N) is 7. The number of anilines is 3. The summed E-state index contributed by atoms with van der Waals surface area (Å²) in [6.07, 6.45) is 21.3. The molecule has 0 aromatic carbocycles. The van der Waals surface area contributed by atoms with Crippen molar-refractivity contribution in [2.24, 2.45) is 5.73 Å². The van der Waals surface area contributed by atoms with Crippen molar-refractivity contribution in [3.05, 3.63) is 0 Å². The average molecular weight is 842 g/mol. The van der Waals surface area contributed by atoms with Gasteiger partial charge in [-0.3, -0.25) is 9.68 Å². The van der Waals surface area contributed by atoms with Crippen LogP contribution in [0.1, 0.15) is 185 Å². The quantitative estimate of drug-likeness (QED) is 0.0791. The third kappa shape index (κ3) is 13.6. The summed E-state index contributed by atoms with van der Waals surface area (Å²) in [5, 5.41) is 15.4. The van der Waals surface area contributed by atoms with E-state index in [1.807, 2.05) is 0 Å². The maximum absolute atomic E-state index is 6.96.